The van der Waals surface area contributed by atoms with Gasteiger partial charge < -0.3 is 20.5 Å². The van der Waals surface area contributed by atoms with E-state index in [1.807, 2.05) is 6.92 Å². The number of likely N-dealkylation sites (N-methyl/N-ethyl adjacent to an activating group) is 1. The molecule has 0 aromatic carbocycles. The Morgan fingerprint density at radius 2 is 1.95 bits per heavy atom. The molecular weight excluding hydrogens is 272 g/mol. The van der Waals surface area contributed by atoms with Gasteiger partial charge in [0.1, 0.15) is 0 Å². The molecule has 1 saturated carbocycles. The van der Waals surface area contributed by atoms with Crippen LogP contribution in [0.4, 0.5) is 0 Å². The molecule has 1 aliphatic rings. The van der Waals surface area contributed by atoms with Gasteiger partial charge in [-0.05, 0) is 46.5 Å². The molecule has 1 atom stereocenters. The number of aliphatic hydroxyl groups is 1. The predicted octanol–water partition coefficient (Wildman–Crippen LogP) is 0.585. The predicted molar refractivity (Wildman–Crippen MR) is 79.7 cm³/mol. The topological polar surface area (TPSA) is 87.7 Å². The van der Waals surface area contributed by atoms with Crippen molar-refractivity contribution in [3.63, 3.8) is 0 Å². The Balaban J connectivity index is 2.37. The summed E-state index contributed by atoms with van der Waals surface area (Å²) < 4.78 is 5.02. The van der Waals surface area contributed by atoms with E-state index in [0.717, 1.165) is 0 Å². The summed E-state index contributed by atoms with van der Waals surface area (Å²) in [6.07, 6.45) is 2.36. The molecule has 0 radical (unpaired) electrons. The number of ether oxygens (including phenoxy) is 1. The number of esters is 1. The van der Waals surface area contributed by atoms with Crippen LogP contribution in [0.15, 0.2) is 0 Å². The van der Waals surface area contributed by atoms with Crippen LogP contribution < -0.4 is 10.6 Å². The fourth-order valence-electron chi connectivity index (χ4n) is 2.59. The highest BCUT2D eigenvalue weighted by atomic mass is 16.5. The van der Waals surface area contributed by atoms with E-state index in [1.165, 1.54) is 0 Å². The summed E-state index contributed by atoms with van der Waals surface area (Å²) in [6.45, 7) is 6.79. The van der Waals surface area contributed by atoms with Crippen molar-refractivity contribution in [1.82, 2.24) is 10.6 Å². The van der Waals surface area contributed by atoms with Crippen LogP contribution in [-0.4, -0.2) is 48.3 Å². The van der Waals surface area contributed by atoms with E-state index in [9.17, 15) is 14.7 Å². The first-order chi connectivity index (χ1) is 9.91. The van der Waals surface area contributed by atoms with Crippen LogP contribution in [0, 0.1) is 5.92 Å². The fourth-order valence-corrected chi connectivity index (χ4v) is 2.59. The molecule has 0 aliphatic heterocycles. The van der Waals surface area contributed by atoms with Crippen molar-refractivity contribution in [2.75, 3.05) is 19.7 Å². The quantitative estimate of drug-likeness (QED) is 0.599. The van der Waals surface area contributed by atoms with Crippen molar-refractivity contribution < 1.29 is 19.4 Å². The SMILES string of the molecule is CCNC(=O)C(C)NCC1(O)CCC(C(=O)OCC)CC1. The van der Waals surface area contributed by atoms with Crippen molar-refractivity contribution in [3.05, 3.63) is 0 Å². The van der Waals surface area contributed by atoms with Gasteiger partial charge in [0.15, 0.2) is 0 Å². The second kappa shape index (κ2) is 8.34. The molecule has 0 heterocycles. The number of rotatable bonds is 7. The lowest BCUT2D eigenvalue weighted by molar-refractivity contribution is -0.151. The fraction of sp³-hybridized carbons (Fsp3) is 0.867. The van der Waals surface area contributed by atoms with Crippen LogP contribution in [0.2, 0.25) is 0 Å². The third kappa shape index (κ3) is 5.63. The van der Waals surface area contributed by atoms with Crippen LogP contribution in [0.5, 0.6) is 0 Å². The molecule has 6 heteroatoms. The molecule has 1 fully saturated rings. The zero-order chi connectivity index (χ0) is 15.9. The van der Waals surface area contributed by atoms with Crippen LogP contribution in [-0.2, 0) is 14.3 Å². The Bertz CT molecular complexity index is 352. The standard InChI is InChI=1S/C15H28N2O4/c1-4-16-13(18)11(3)17-10-15(20)8-6-12(7-9-15)14(19)21-5-2/h11-12,17,20H,4-10H2,1-3H3,(H,16,18). The van der Waals surface area contributed by atoms with Gasteiger partial charge in [-0.3, -0.25) is 9.59 Å². The number of carbonyl (C=O) groups is 2. The minimum Gasteiger partial charge on any atom is -0.466 e. The Labute approximate surface area is 126 Å². The lowest BCUT2D eigenvalue weighted by Gasteiger charge is -2.36. The Kier molecular flexibility index (Phi) is 7.11. The summed E-state index contributed by atoms with van der Waals surface area (Å²) in [4.78, 5) is 23.3. The largest absolute Gasteiger partial charge is 0.466 e. The zero-order valence-electron chi connectivity index (χ0n) is 13.3. The maximum Gasteiger partial charge on any atom is 0.308 e. The third-order valence-corrected chi connectivity index (χ3v) is 4.02. The molecule has 3 N–H and O–H groups in total. The summed E-state index contributed by atoms with van der Waals surface area (Å²) in [5.74, 6) is -0.337. The maximum atomic E-state index is 11.7. The Hall–Kier alpha value is -1.14. The first-order valence-electron chi connectivity index (χ1n) is 7.82. The summed E-state index contributed by atoms with van der Waals surface area (Å²) in [5.41, 5.74) is -0.844. The van der Waals surface area contributed by atoms with E-state index in [-0.39, 0.29) is 23.8 Å². The number of amides is 1. The molecule has 0 bridgehead atoms. The van der Waals surface area contributed by atoms with Crippen LogP contribution in [0.3, 0.4) is 0 Å². The van der Waals surface area contributed by atoms with Crippen LogP contribution >= 0.6 is 0 Å². The van der Waals surface area contributed by atoms with Crippen molar-refractivity contribution in [3.8, 4) is 0 Å². The summed E-state index contributed by atoms with van der Waals surface area (Å²) in [7, 11) is 0. The Morgan fingerprint density at radius 3 is 2.48 bits per heavy atom. The van der Waals surface area contributed by atoms with E-state index >= 15 is 0 Å². The van der Waals surface area contributed by atoms with Gasteiger partial charge in [0.05, 0.1) is 24.2 Å². The van der Waals surface area contributed by atoms with E-state index in [1.54, 1.807) is 13.8 Å². The highest BCUT2D eigenvalue weighted by molar-refractivity contribution is 5.81. The van der Waals surface area contributed by atoms with Crippen molar-refractivity contribution in [2.24, 2.45) is 5.92 Å². The minimum atomic E-state index is -0.844. The summed E-state index contributed by atoms with van der Waals surface area (Å²) in [5, 5.41) is 16.3. The van der Waals surface area contributed by atoms with Gasteiger partial charge in [0.2, 0.25) is 5.91 Å². The molecule has 0 aromatic rings. The highest BCUT2D eigenvalue weighted by Crippen LogP contribution is 2.32. The van der Waals surface area contributed by atoms with E-state index < -0.39 is 5.60 Å². The van der Waals surface area contributed by atoms with E-state index in [0.29, 0.717) is 45.4 Å². The molecule has 6 nitrogen and oxygen atoms in total. The third-order valence-electron chi connectivity index (χ3n) is 4.02. The monoisotopic (exact) mass is 300 g/mol. The van der Waals surface area contributed by atoms with Crippen molar-refractivity contribution in [1.29, 1.82) is 0 Å². The second-order valence-electron chi connectivity index (χ2n) is 5.75. The van der Waals surface area contributed by atoms with Gasteiger partial charge in [0.25, 0.3) is 0 Å². The number of hydrogen-bond acceptors (Lipinski definition) is 5. The minimum absolute atomic E-state index is 0.0682. The maximum absolute atomic E-state index is 11.7. The van der Waals surface area contributed by atoms with E-state index in [4.69, 9.17) is 4.74 Å². The smallest absolute Gasteiger partial charge is 0.308 e. The molecule has 122 valence electrons. The van der Waals surface area contributed by atoms with Gasteiger partial charge in [-0.2, -0.15) is 0 Å². The van der Waals surface area contributed by atoms with Gasteiger partial charge in [-0.25, -0.2) is 0 Å². The molecule has 0 aromatic heterocycles. The molecule has 1 unspecified atom stereocenters. The summed E-state index contributed by atoms with van der Waals surface area (Å²) in [6, 6.07) is -0.336. The summed E-state index contributed by atoms with van der Waals surface area (Å²) >= 11 is 0. The molecule has 1 amide bonds. The average Bonchev–Trinajstić information content (AvgIpc) is 2.46. The normalized spacial score (nSPS) is 27.0. The van der Waals surface area contributed by atoms with Gasteiger partial charge in [0, 0.05) is 13.1 Å². The molecular formula is C15H28N2O4. The lowest BCUT2D eigenvalue weighted by Crippen LogP contribution is -2.50. The number of carbonyl (C=O) groups excluding carboxylic acids is 2. The van der Waals surface area contributed by atoms with Gasteiger partial charge in [-0.15, -0.1) is 0 Å². The Morgan fingerprint density at radius 1 is 1.33 bits per heavy atom. The molecule has 0 spiro atoms. The first kappa shape index (κ1) is 17.9. The number of hydrogen-bond donors (Lipinski definition) is 3. The van der Waals surface area contributed by atoms with Crippen LogP contribution in [0.25, 0.3) is 0 Å². The van der Waals surface area contributed by atoms with E-state index in [2.05, 4.69) is 10.6 Å². The van der Waals surface area contributed by atoms with Crippen LogP contribution in [0.1, 0.15) is 46.5 Å². The molecule has 0 saturated heterocycles. The highest BCUT2D eigenvalue weighted by Gasteiger charge is 2.36. The number of nitrogens with one attached hydrogen (secondary N) is 2. The molecule has 1 aliphatic carbocycles. The zero-order valence-corrected chi connectivity index (χ0v) is 13.3. The van der Waals surface area contributed by atoms with Gasteiger partial charge >= 0.3 is 5.97 Å². The first-order valence-corrected chi connectivity index (χ1v) is 7.82. The van der Waals surface area contributed by atoms with Crippen molar-refractivity contribution >= 4 is 11.9 Å². The van der Waals surface area contributed by atoms with Crippen molar-refractivity contribution in [2.45, 2.75) is 58.1 Å². The molecule has 21 heavy (non-hydrogen) atoms. The second-order valence-corrected chi connectivity index (χ2v) is 5.75. The lowest BCUT2D eigenvalue weighted by atomic mass is 9.78. The molecule has 1 rings (SSSR count). The van der Waals surface area contributed by atoms with Gasteiger partial charge in [-0.1, -0.05) is 0 Å². The average molecular weight is 300 g/mol.